The first kappa shape index (κ1) is 25.1. The Morgan fingerprint density at radius 1 is 1.06 bits per heavy atom. The zero-order valence-electron chi connectivity index (χ0n) is 17.9. The Kier molecular flexibility index (Phi) is 10.4. The molecule has 0 bridgehead atoms. The van der Waals surface area contributed by atoms with Crippen LogP contribution in [-0.4, -0.2) is 40.3 Å². The molecule has 0 atom stereocenters. The Balaban J connectivity index is 0.00000363. The molecular formula is C22H28IN7O2. The van der Waals surface area contributed by atoms with Crippen LogP contribution in [0.5, 0.6) is 0 Å². The third-order valence-corrected chi connectivity index (χ3v) is 4.60. The molecular weight excluding hydrogens is 521 g/mol. The number of guanidine groups is 1. The van der Waals surface area contributed by atoms with E-state index in [4.69, 9.17) is 4.99 Å². The average molecular weight is 549 g/mol. The highest BCUT2D eigenvalue weighted by atomic mass is 127. The van der Waals surface area contributed by atoms with Crippen LogP contribution in [0.25, 0.3) is 0 Å². The molecule has 0 unspecified atom stereocenters. The van der Waals surface area contributed by atoms with Gasteiger partial charge in [-0.1, -0.05) is 36.4 Å². The third-order valence-electron chi connectivity index (χ3n) is 4.60. The number of nitro benzene ring substituents is 1. The molecule has 3 N–H and O–H groups in total. The van der Waals surface area contributed by atoms with E-state index in [1.165, 1.54) is 11.6 Å². The number of nitrogens with zero attached hydrogens (tertiary/aromatic N) is 4. The maximum absolute atomic E-state index is 11.1. The van der Waals surface area contributed by atoms with Gasteiger partial charge in [0.05, 0.1) is 18.0 Å². The molecule has 32 heavy (non-hydrogen) atoms. The maximum Gasteiger partial charge on any atom is 0.292 e. The van der Waals surface area contributed by atoms with Gasteiger partial charge >= 0.3 is 0 Å². The summed E-state index contributed by atoms with van der Waals surface area (Å²) in [5.74, 6) is 0.695. The Hall–Kier alpha value is -3.15. The third kappa shape index (κ3) is 7.52. The van der Waals surface area contributed by atoms with Crippen molar-refractivity contribution < 1.29 is 4.92 Å². The fraction of sp³-hybridized carbons (Fsp3) is 0.273. The molecule has 170 valence electrons. The molecule has 10 heteroatoms. The summed E-state index contributed by atoms with van der Waals surface area (Å²) in [6.45, 7) is 5.05. The van der Waals surface area contributed by atoms with E-state index in [9.17, 15) is 10.1 Å². The lowest BCUT2D eigenvalue weighted by atomic mass is 10.1. The second-order valence-corrected chi connectivity index (χ2v) is 6.80. The number of benzene rings is 2. The van der Waals surface area contributed by atoms with Gasteiger partial charge in [0.15, 0.2) is 5.96 Å². The summed E-state index contributed by atoms with van der Waals surface area (Å²) < 4.78 is 1.89. The monoisotopic (exact) mass is 549 g/mol. The van der Waals surface area contributed by atoms with E-state index in [2.05, 4.69) is 33.2 Å². The molecule has 0 saturated carbocycles. The van der Waals surface area contributed by atoms with E-state index in [1.807, 2.05) is 36.0 Å². The fourth-order valence-electron chi connectivity index (χ4n) is 3.10. The molecule has 2 aromatic carbocycles. The highest BCUT2D eigenvalue weighted by molar-refractivity contribution is 14.0. The summed E-state index contributed by atoms with van der Waals surface area (Å²) in [6.07, 6.45) is 3.71. The summed E-state index contributed by atoms with van der Waals surface area (Å²) in [7, 11) is 0. The zero-order chi connectivity index (χ0) is 21.9. The number of hydrogen-bond acceptors (Lipinski definition) is 5. The van der Waals surface area contributed by atoms with Gasteiger partial charge in [-0.05, 0) is 30.2 Å². The highest BCUT2D eigenvalue weighted by Crippen LogP contribution is 2.22. The van der Waals surface area contributed by atoms with Crippen LogP contribution < -0.4 is 16.0 Å². The zero-order valence-corrected chi connectivity index (χ0v) is 20.2. The molecule has 1 heterocycles. The summed E-state index contributed by atoms with van der Waals surface area (Å²) in [5.41, 5.74) is 2.87. The van der Waals surface area contributed by atoms with Gasteiger partial charge in [-0.15, -0.1) is 24.0 Å². The number of aliphatic imine (C=N–C) groups is 1. The minimum Gasteiger partial charge on any atom is -0.378 e. The van der Waals surface area contributed by atoms with Gasteiger partial charge < -0.3 is 16.0 Å². The van der Waals surface area contributed by atoms with Crippen LogP contribution in [-0.2, 0) is 13.1 Å². The van der Waals surface area contributed by atoms with Crippen molar-refractivity contribution in [2.75, 3.05) is 25.0 Å². The number of rotatable bonds is 10. The predicted octanol–water partition coefficient (Wildman–Crippen LogP) is 3.62. The number of anilines is 1. The largest absolute Gasteiger partial charge is 0.378 e. The first-order valence-corrected chi connectivity index (χ1v) is 10.2. The van der Waals surface area contributed by atoms with Gasteiger partial charge in [-0.2, -0.15) is 5.10 Å². The van der Waals surface area contributed by atoms with E-state index in [-0.39, 0.29) is 34.6 Å². The van der Waals surface area contributed by atoms with Crippen molar-refractivity contribution >= 4 is 41.3 Å². The topological polar surface area (TPSA) is 109 Å². The number of para-hydroxylation sites is 2. The summed E-state index contributed by atoms with van der Waals surface area (Å²) >= 11 is 0. The van der Waals surface area contributed by atoms with Crippen LogP contribution in [0.15, 0.2) is 72.0 Å². The average Bonchev–Trinajstić information content (AvgIpc) is 3.29. The van der Waals surface area contributed by atoms with Crippen LogP contribution >= 0.6 is 24.0 Å². The maximum atomic E-state index is 11.1. The SMILES string of the molecule is CCNC(=NCc1ccccc1Cn1cccn1)NCCNc1ccccc1[N+](=O)[O-].I. The number of nitrogens with one attached hydrogen (secondary N) is 3. The number of halogens is 1. The molecule has 1 aromatic heterocycles. The molecule has 9 nitrogen and oxygen atoms in total. The minimum atomic E-state index is -0.387. The second-order valence-electron chi connectivity index (χ2n) is 6.80. The molecule has 0 aliphatic rings. The van der Waals surface area contributed by atoms with E-state index in [0.29, 0.717) is 37.8 Å². The van der Waals surface area contributed by atoms with Gasteiger partial charge in [-0.25, -0.2) is 4.99 Å². The Morgan fingerprint density at radius 2 is 1.81 bits per heavy atom. The van der Waals surface area contributed by atoms with Crippen molar-refractivity contribution in [3.05, 3.63) is 88.2 Å². The van der Waals surface area contributed by atoms with Crippen LogP contribution in [0.1, 0.15) is 18.1 Å². The first-order valence-electron chi connectivity index (χ1n) is 10.2. The minimum absolute atomic E-state index is 0. The van der Waals surface area contributed by atoms with Crippen LogP contribution in [0.2, 0.25) is 0 Å². The molecule has 0 radical (unpaired) electrons. The molecule has 0 aliphatic heterocycles. The lowest BCUT2D eigenvalue weighted by Gasteiger charge is -2.13. The van der Waals surface area contributed by atoms with Crippen molar-refractivity contribution in [3.63, 3.8) is 0 Å². The van der Waals surface area contributed by atoms with E-state index in [0.717, 1.165) is 12.1 Å². The molecule has 0 amide bonds. The van der Waals surface area contributed by atoms with Gasteiger partial charge in [0.25, 0.3) is 5.69 Å². The smallest absolute Gasteiger partial charge is 0.292 e. The molecule has 3 rings (SSSR count). The van der Waals surface area contributed by atoms with Crippen molar-refractivity contribution in [3.8, 4) is 0 Å². The molecule has 0 fully saturated rings. The van der Waals surface area contributed by atoms with Gasteiger partial charge in [0, 0.05) is 38.1 Å². The normalized spacial score (nSPS) is 10.8. The van der Waals surface area contributed by atoms with Crippen LogP contribution in [0, 0.1) is 10.1 Å². The Morgan fingerprint density at radius 3 is 2.53 bits per heavy atom. The standard InChI is InChI=1S/C22H27N7O2.HI/c1-2-23-22(25-14-13-24-20-10-5-6-11-21(20)29(30)31)26-16-18-8-3-4-9-19(18)17-28-15-7-12-27-28;/h3-12,15,24H,2,13-14,16-17H2,1H3,(H2,23,25,26);1H. The van der Waals surface area contributed by atoms with E-state index < -0.39 is 0 Å². The van der Waals surface area contributed by atoms with E-state index in [1.54, 1.807) is 24.4 Å². The molecule has 0 saturated heterocycles. The fourth-order valence-corrected chi connectivity index (χ4v) is 3.10. The van der Waals surface area contributed by atoms with Crippen molar-refractivity contribution in [2.45, 2.75) is 20.0 Å². The Labute approximate surface area is 204 Å². The van der Waals surface area contributed by atoms with Gasteiger partial charge in [0.2, 0.25) is 0 Å². The van der Waals surface area contributed by atoms with Crippen molar-refractivity contribution in [1.82, 2.24) is 20.4 Å². The summed E-state index contributed by atoms with van der Waals surface area (Å²) in [6, 6.07) is 16.7. The van der Waals surface area contributed by atoms with E-state index >= 15 is 0 Å². The first-order chi connectivity index (χ1) is 15.2. The number of aromatic nitrogens is 2. The summed E-state index contributed by atoms with van der Waals surface area (Å²) in [5, 5.41) is 25.0. The number of hydrogen-bond donors (Lipinski definition) is 3. The predicted molar refractivity (Wildman–Crippen MR) is 138 cm³/mol. The van der Waals surface area contributed by atoms with Gasteiger partial charge in [0.1, 0.15) is 5.69 Å². The van der Waals surface area contributed by atoms with Crippen molar-refractivity contribution in [1.29, 1.82) is 0 Å². The second kappa shape index (κ2) is 13.3. The van der Waals surface area contributed by atoms with Crippen molar-refractivity contribution in [2.24, 2.45) is 4.99 Å². The molecule has 0 spiro atoms. The molecule has 0 aliphatic carbocycles. The van der Waals surface area contributed by atoms with Crippen LogP contribution in [0.4, 0.5) is 11.4 Å². The number of nitro groups is 1. The lowest BCUT2D eigenvalue weighted by Crippen LogP contribution is -2.39. The summed E-state index contributed by atoms with van der Waals surface area (Å²) in [4.78, 5) is 15.4. The highest BCUT2D eigenvalue weighted by Gasteiger charge is 2.11. The van der Waals surface area contributed by atoms with Gasteiger partial charge in [-0.3, -0.25) is 14.8 Å². The van der Waals surface area contributed by atoms with Crippen LogP contribution in [0.3, 0.4) is 0 Å². The quantitative estimate of drug-likeness (QED) is 0.0891. The lowest BCUT2D eigenvalue weighted by molar-refractivity contribution is -0.384. The Bertz CT molecular complexity index is 1010. The molecule has 3 aromatic rings.